The molecule has 1 rings (SSSR count). The molecule has 15 heavy (non-hydrogen) atoms. The van der Waals surface area contributed by atoms with Crippen LogP contribution in [0.5, 0.6) is 5.75 Å². The van der Waals surface area contributed by atoms with Crippen LogP contribution >= 0.6 is 12.4 Å². The van der Waals surface area contributed by atoms with Gasteiger partial charge in [-0.25, -0.2) is 0 Å². The molecule has 2 nitrogen and oxygen atoms in total. The SMILES string of the molecule is CCOc1ccc(C)c(N(C)C)c1C.Cl. The molecule has 3 heteroatoms. The fourth-order valence-electron chi connectivity index (χ4n) is 1.82. The Bertz CT molecular complexity index is 324. The molecule has 86 valence electrons. The zero-order valence-electron chi connectivity index (χ0n) is 10.1. The first kappa shape index (κ1) is 14.1. The van der Waals surface area contributed by atoms with Crippen LogP contribution in [-0.2, 0) is 0 Å². The standard InChI is InChI=1S/C12H19NO.ClH/c1-6-14-11-8-7-9(2)12(10(11)3)13(4)5;/h7-8H,6H2,1-5H3;1H. The van der Waals surface area contributed by atoms with E-state index < -0.39 is 0 Å². The van der Waals surface area contributed by atoms with Gasteiger partial charge in [0.2, 0.25) is 0 Å². The minimum absolute atomic E-state index is 0. The summed E-state index contributed by atoms with van der Waals surface area (Å²) >= 11 is 0. The number of halogens is 1. The van der Waals surface area contributed by atoms with Crippen molar-refractivity contribution in [2.24, 2.45) is 0 Å². The predicted octanol–water partition coefficient (Wildman–Crippen LogP) is 3.19. The number of benzene rings is 1. The Labute approximate surface area is 98.6 Å². The first-order valence-corrected chi connectivity index (χ1v) is 4.98. The molecular weight excluding hydrogens is 210 g/mol. The van der Waals surface area contributed by atoms with Crippen LogP contribution in [0.4, 0.5) is 5.69 Å². The van der Waals surface area contributed by atoms with Crippen molar-refractivity contribution in [2.75, 3.05) is 25.6 Å². The maximum atomic E-state index is 5.56. The molecule has 0 bridgehead atoms. The van der Waals surface area contributed by atoms with E-state index in [4.69, 9.17) is 4.74 Å². The lowest BCUT2D eigenvalue weighted by Crippen LogP contribution is -2.12. The van der Waals surface area contributed by atoms with Crippen LogP contribution < -0.4 is 9.64 Å². The lowest BCUT2D eigenvalue weighted by atomic mass is 10.1. The average molecular weight is 230 g/mol. The third kappa shape index (κ3) is 3.03. The number of rotatable bonds is 3. The van der Waals surface area contributed by atoms with Crippen molar-refractivity contribution >= 4 is 18.1 Å². The highest BCUT2D eigenvalue weighted by molar-refractivity contribution is 5.85. The van der Waals surface area contributed by atoms with Crippen molar-refractivity contribution in [1.82, 2.24) is 0 Å². The number of anilines is 1. The van der Waals surface area contributed by atoms with Gasteiger partial charge in [0.05, 0.1) is 6.61 Å². The minimum atomic E-state index is 0. The Balaban J connectivity index is 0.00000196. The summed E-state index contributed by atoms with van der Waals surface area (Å²) in [6.45, 7) is 6.96. The molecule has 0 spiro atoms. The highest BCUT2D eigenvalue weighted by Crippen LogP contribution is 2.30. The monoisotopic (exact) mass is 229 g/mol. The van der Waals surface area contributed by atoms with Crippen LogP contribution in [0.25, 0.3) is 0 Å². The van der Waals surface area contributed by atoms with Crippen LogP contribution in [-0.4, -0.2) is 20.7 Å². The van der Waals surface area contributed by atoms with Gasteiger partial charge in [-0.3, -0.25) is 0 Å². The van der Waals surface area contributed by atoms with E-state index in [0.29, 0.717) is 0 Å². The molecule has 0 unspecified atom stereocenters. The van der Waals surface area contributed by atoms with Gasteiger partial charge in [-0.2, -0.15) is 0 Å². The Morgan fingerprint density at radius 1 is 1.20 bits per heavy atom. The summed E-state index contributed by atoms with van der Waals surface area (Å²) in [6.07, 6.45) is 0. The normalized spacial score (nSPS) is 9.40. The van der Waals surface area contributed by atoms with Crippen molar-refractivity contribution in [3.05, 3.63) is 23.3 Å². The molecule has 0 N–H and O–H groups in total. The summed E-state index contributed by atoms with van der Waals surface area (Å²) in [4.78, 5) is 2.13. The van der Waals surface area contributed by atoms with E-state index >= 15 is 0 Å². The lowest BCUT2D eigenvalue weighted by molar-refractivity contribution is 0.338. The van der Waals surface area contributed by atoms with Crippen LogP contribution in [0.2, 0.25) is 0 Å². The Morgan fingerprint density at radius 3 is 2.27 bits per heavy atom. The van der Waals surface area contributed by atoms with Gasteiger partial charge in [0.15, 0.2) is 0 Å². The molecule has 1 aromatic carbocycles. The van der Waals surface area contributed by atoms with E-state index in [1.54, 1.807) is 0 Å². The van der Waals surface area contributed by atoms with Gasteiger partial charge in [-0.1, -0.05) is 6.07 Å². The highest BCUT2D eigenvalue weighted by Gasteiger charge is 2.09. The summed E-state index contributed by atoms with van der Waals surface area (Å²) in [5.41, 5.74) is 3.77. The summed E-state index contributed by atoms with van der Waals surface area (Å²) < 4.78 is 5.56. The molecule has 0 saturated heterocycles. The van der Waals surface area contributed by atoms with Crippen molar-refractivity contribution in [3.8, 4) is 5.75 Å². The van der Waals surface area contributed by atoms with E-state index in [2.05, 4.69) is 38.9 Å². The number of ether oxygens (including phenoxy) is 1. The summed E-state index contributed by atoms with van der Waals surface area (Å²) in [6, 6.07) is 4.15. The van der Waals surface area contributed by atoms with Gasteiger partial charge < -0.3 is 9.64 Å². The Kier molecular flexibility index (Phi) is 5.51. The van der Waals surface area contributed by atoms with Crippen molar-refractivity contribution in [3.63, 3.8) is 0 Å². The summed E-state index contributed by atoms with van der Waals surface area (Å²) in [7, 11) is 4.12. The number of hydrogen-bond donors (Lipinski definition) is 0. The fourth-order valence-corrected chi connectivity index (χ4v) is 1.82. The van der Waals surface area contributed by atoms with E-state index in [0.717, 1.165) is 12.4 Å². The molecule has 0 heterocycles. The molecule has 0 saturated carbocycles. The van der Waals surface area contributed by atoms with Gasteiger partial charge in [-0.05, 0) is 32.4 Å². The summed E-state index contributed by atoms with van der Waals surface area (Å²) in [5.74, 6) is 0.988. The second-order valence-electron chi connectivity index (χ2n) is 3.68. The van der Waals surface area contributed by atoms with E-state index in [1.807, 2.05) is 13.0 Å². The molecule has 0 amide bonds. The van der Waals surface area contributed by atoms with Crippen LogP contribution in [0.1, 0.15) is 18.1 Å². The fraction of sp³-hybridized carbons (Fsp3) is 0.500. The average Bonchev–Trinajstić information content (AvgIpc) is 2.10. The Morgan fingerprint density at radius 2 is 1.80 bits per heavy atom. The van der Waals surface area contributed by atoms with Gasteiger partial charge in [0, 0.05) is 25.3 Å². The van der Waals surface area contributed by atoms with Crippen molar-refractivity contribution in [2.45, 2.75) is 20.8 Å². The second kappa shape index (κ2) is 5.86. The molecule has 0 aliphatic rings. The van der Waals surface area contributed by atoms with E-state index in [9.17, 15) is 0 Å². The largest absolute Gasteiger partial charge is 0.494 e. The molecule has 0 aromatic heterocycles. The van der Waals surface area contributed by atoms with E-state index in [1.165, 1.54) is 16.8 Å². The van der Waals surface area contributed by atoms with Gasteiger partial charge in [-0.15, -0.1) is 12.4 Å². The van der Waals surface area contributed by atoms with Gasteiger partial charge in [0.1, 0.15) is 5.75 Å². The number of hydrogen-bond acceptors (Lipinski definition) is 2. The second-order valence-corrected chi connectivity index (χ2v) is 3.68. The first-order valence-electron chi connectivity index (χ1n) is 4.98. The zero-order valence-corrected chi connectivity index (χ0v) is 10.9. The first-order chi connectivity index (χ1) is 6.57. The van der Waals surface area contributed by atoms with Crippen LogP contribution in [0.3, 0.4) is 0 Å². The molecular formula is C12H20ClNO. The van der Waals surface area contributed by atoms with Crippen molar-refractivity contribution in [1.29, 1.82) is 0 Å². The number of aryl methyl sites for hydroxylation is 1. The molecule has 0 fully saturated rings. The number of nitrogens with zero attached hydrogens (tertiary/aromatic N) is 1. The predicted molar refractivity (Wildman–Crippen MR) is 68.7 cm³/mol. The summed E-state index contributed by atoms with van der Waals surface area (Å²) in [5, 5.41) is 0. The van der Waals surface area contributed by atoms with Crippen molar-refractivity contribution < 1.29 is 4.74 Å². The zero-order chi connectivity index (χ0) is 10.7. The smallest absolute Gasteiger partial charge is 0.124 e. The molecule has 0 aliphatic carbocycles. The lowest BCUT2D eigenvalue weighted by Gasteiger charge is -2.20. The van der Waals surface area contributed by atoms with E-state index in [-0.39, 0.29) is 12.4 Å². The van der Waals surface area contributed by atoms with Crippen LogP contribution in [0, 0.1) is 13.8 Å². The molecule has 0 radical (unpaired) electrons. The molecule has 0 aliphatic heterocycles. The van der Waals surface area contributed by atoms with Gasteiger partial charge in [0.25, 0.3) is 0 Å². The maximum absolute atomic E-state index is 5.56. The topological polar surface area (TPSA) is 12.5 Å². The Hall–Kier alpha value is -0.890. The minimum Gasteiger partial charge on any atom is -0.494 e. The quantitative estimate of drug-likeness (QED) is 0.790. The maximum Gasteiger partial charge on any atom is 0.124 e. The molecule has 1 aromatic rings. The van der Waals surface area contributed by atoms with Crippen LogP contribution in [0.15, 0.2) is 12.1 Å². The molecule has 0 atom stereocenters. The third-order valence-corrected chi connectivity index (χ3v) is 2.33. The highest BCUT2D eigenvalue weighted by atomic mass is 35.5. The third-order valence-electron chi connectivity index (χ3n) is 2.33. The van der Waals surface area contributed by atoms with Gasteiger partial charge >= 0.3 is 0 Å².